The predicted octanol–water partition coefficient (Wildman–Crippen LogP) is 1.76. The lowest BCUT2D eigenvalue weighted by molar-refractivity contribution is -0.113. The molecule has 3 aromatic rings. The smallest absolute Gasteiger partial charge is 0.337 e. The SMILES string of the molecule is CCn1nnc2c(SCC(=O)Nc3ccc(C(=O)OC)cc3)ncnc21. The van der Waals surface area contributed by atoms with Gasteiger partial charge in [0.2, 0.25) is 5.91 Å². The standard InChI is InChI=1S/C16H16N6O3S/c1-3-22-14-13(20-21-22)15(18-9-17-14)26-8-12(23)19-11-6-4-10(5-7-11)16(24)25-2/h4-7,9H,3,8H2,1-2H3,(H,19,23). The maximum absolute atomic E-state index is 12.1. The van der Waals surface area contributed by atoms with Crippen molar-refractivity contribution in [3.8, 4) is 0 Å². The van der Waals surface area contributed by atoms with Crippen molar-refractivity contribution >= 4 is 40.5 Å². The summed E-state index contributed by atoms with van der Waals surface area (Å²) in [5.41, 5.74) is 2.23. The number of methoxy groups -OCH3 is 1. The van der Waals surface area contributed by atoms with Crippen molar-refractivity contribution in [3.05, 3.63) is 36.2 Å². The van der Waals surface area contributed by atoms with Crippen LogP contribution in [0.3, 0.4) is 0 Å². The van der Waals surface area contributed by atoms with Crippen LogP contribution in [0.25, 0.3) is 11.2 Å². The van der Waals surface area contributed by atoms with E-state index in [1.54, 1.807) is 28.9 Å². The minimum absolute atomic E-state index is 0.157. The first-order valence-corrected chi connectivity index (χ1v) is 8.76. The molecule has 3 rings (SSSR count). The number of nitrogens with zero attached hydrogens (tertiary/aromatic N) is 5. The van der Waals surface area contributed by atoms with Gasteiger partial charge in [0.25, 0.3) is 0 Å². The number of ether oxygens (including phenoxy) is 1. The second-order valence-corrected chi connectivity index (χ2v) is 6.13. The third-order valence-corrected chi connectivity index (χ3v) is 4.47. The highest BCUT2D eigenvalue weighted by Gasteiger charge is 2.13. The Morgan fingerprint density at radius 2 is 2.00 bits per heavy atom. The van der Waals surface area contributed by atoms with E-state index in [9.17, 15) is 9.59 Å². The first-order valence-electron chi connectivity index (χ1n) is 7.77. The highest BCUT2D eigenvalue weighted by Crippen LogP contribution is 2.22. The Kier molecular flexibility index (Phi) is 5.42. The predicted molar refractivity (Wildman–Crippen MR) is 95.9 cm³/mol. The topological polar surface area (TPSA) is 112 Å². The second-order valence-electron chi connectivity index (χ2n) is 5.16. The Hall–Kier alpha value is -3.01. The summed E-state index contributed by atoms with van der Waals surface area (Å²) in [6, 6.07) is 6.46. The molecule has 0 saturated carbocycles. The molecule has 1 aromatic carbocycles. The van der Waals surface area contributed by atoms with Gasteiger partial charge >= 0.3 is 5.97 Å². The third kappa shape index (κ3) is 3.80. The van der Waals surface area contributed by atoms with E-state index in [-0.39, 0.29) is 11.7 Å². The van der Waals surface area contributed by atoms with Gasteiger partial charge in [-0.3, -0.25) is 4.79 Å². The molecule has 0 aliphatic heterocycles. The highest BCUT2D eigenvalue weighted by atomic mass is 32.2. The van der Waals surface area contributed by atoms with E-state index in [0.717, 1.165) is 0 Å². The van der Waals surface area contributed by atoms with E-state index in [1.807, 2.05) is 6.92 Å². The van der Waals surface area contributed by atoms with Crippen LogP contribution in [0, 0.1) is 0 Å². The van der Waals surface area contributed by atoms with Gasteiger partial charge in [-0.25, -0.2) is 19.4 Å². The van der Waals surface area contributed by atoms with Crippen molar-refractivity contribution < 1.29 is 14.3 Å². The van der Waals surface area contributed by atoms with Crippen molar-refractivity contribution in [2.75, 3.05) is 18.2 Å². The Morgan fingerprint density at radius 1 is 1.23 bits per heavy atom. The number of esters is 1. The Bertz CT molecular complexity index is 941. The minimum Gasteiger partial charge on any atom is -0.465 e. The van der Waals surface area contributed by atoms with Crippen LogP contribution < -0.4 is 5.32 Å². The van der Waals surface area contributed by atoms with Crippen molar-refractivity contribution in [2.24, 2.45) is 0 Å². The average Bonchev–Trinajstić information content (AvgIpc) is 3.10. The zero-order chi connectivity index (χ0) is 18.5. The molecular weight excluding hydrogens is 356 g/mol. The fraction of sp³-hybridized carbons (Fsp3) is 0.250. The summed E-state index contributed by atoms with van der Waals surface area (Å²) >= 11 is 1.26. The molecule has 0 fully saturated rings. The van der Waals surface area contributed by atoms with E-state index in [4.69, 9.17) is 0 Å². The molecule has 2 aromatic heterocycles. The number of hydrogen-bond donors (Lipinski definition) is 1. The molecule has 0 atom stereocenters. The Balaban J connectivity index is 1.62. The van der Waals surface area contributed by atoms with Crippen LogP contribution in [0.4, 0.5) is 5.69 Å². The second kappa shape index (κ2) is 7.91. The van der Waals surface area contributed by atoms with Crippen LogP contribution in [0.15, 0.2) is 35.6 Å². The number of thioether (sulfide) groups is 1. The number of amides is 1. The lowest BCUT2D eigenvalue weighted by Crippen LogP contribution is -2.14. The van der Waals surface area contributed by atoms with Crippen molar-refractivity contribution in [1.29, 1.82) is 0 Å². The van der Waals surface area contributed by atoms with Crippen molar-refractivity contribution in [3.63, 3.8) is 0 Å². The van der Waals surface area contributed by atoms with Crippen molar-refractivity contribution in [2.45, 2.75) is 18.5 Å². The lowest BCUT2D eigenvalue weighted by atomic mass is 10.2. The number of rotatable bonds is 6. The van der Waals surface area contributed by atoms with Crippen LogP contribution in [0.5, 0.6) is 0 Å². The van der Waals surface area contributed by atoms with E-state index in [1.165, 1.54) is 25.2 Å². The van der Waals surface area contributed by atoms with Gasteiger partial charge in [0, 0.05) is 12.2 Å². The number of aryl methyl sites for hydroxylation is 1. The molecule has 9 nitrogen and oxygen atoms in total. The monoisotopic (exact) mass is 372 g/mol. The number of carbonyl (C=O) groups excluding carboxylic acids is 2. The van der Waals surface area contributed by atoms with Crippen LogP contribution in [0.1, 0.15) is 17.3 Å². The fourth-order valence-corrected chi connectivity index (χ4v) is 2.96. The summed E-state index contributed by atoms with van der Waals surface area (Å²) in [4.78, 5) is 31.9. The summed E-state index contributed by atoms with van der Waals surface area (Å²) in [7, 11) is 1.32. The number of anilines is 1. The molecule has 2 heterocycles. The van der Waals surface area contributed by atoms with Crippen LogP contribution >= 0.6 is 11.8 Å². The van der Waals surface area contributed by atoms with Gasteiger partial charge in [0.1, 0.15) is 11.4 Å². The Morgan fingerprint density at radius 3 is 2.69 bits per heavy atom. The van der Waals surface area contributed by atoms with Gasteiger partial charge in [-0.05, 0) is 31.2 Å². The largest absolute Gasteiger partial charge is 0.465 e. The lowest BCUT2D eigenvalue weighted by Gasteiger charge is -2.06. The molecule has 0 aliphatic rings. The number of nitrogens with one attached hydrogen (secondary N) is 1. The molecule has 1 amide bonds. The van der Waals surface area contributed by atoms with Crippen LogP contribution in [-0.2, 0) is 16.1 Å². The number of fused-ring (bicyclic) bond motifs is 1. The molecule has 0 unspecified atom stereocenters. The first-order chi connectivity index (χ1) is 12.6. The van der Waals surface area contributed by atoms with Gasteiger partial charge < -0.3 is 10.1 Å². The molecule has 0 bridgehead atoms. The van der Waals surface area contributed by atoms with Gasteiger partial charge in [-0.2, -0.15) is 0 Å². The van der Waals surface area contributed by atoms with Crippen LogP contribution in [-0.4, -0.2) is 49.7 Å². The summed E-state index contributed by atoms with van der Waals surface area (Å²) < 4.78 is 6.31. The van der Waals surface area contributed by atoms with E-state index in [2.05, 4.69) is 30.3 Å². The maximum atomic E-state index is 12.1. The van der Waals surface area contributed by atoms with Gasteiger partial charge in [0.15, 0.2) is 11.2 Å². The molecule has 1 N–H and O–H groups in total. The Labute approximate surface area is 153 Å². The minimum atomic E-state index is -0.425. The molecule has 0 saturated heterocycles. The molecule has 10 heteroatoms. The molecule has 26 heavy (non-hydrogen) atoms. The van der Waals surface area contributed by atoms with Gasteiger partial charge in [-0.1, -0.05) is 17.0 Å². The molecule has 0 aliphatic carbocycles. The van der Waals surface area contributed by atoms with E-state index in [0.29, 0.717) is 34.0 Å². The third-order valence-electron chi connectivity index (χ3n) is 3.50. The summed E-state index contributed by atoms with van der Waals surface area (Å²) in [6.45, 7) is 2.60. The molecular formula is C16H16N6O3S. The highest BCUT2D eigenvalue weighted by molar-refractivity contribution is 8.00. The first kappa shape index (κ1) is 17.8. The van der Waals surface area contributed by atoms with Gasteiger partial charge in [0.05, 0.1) is 18.4 Å². The number of carbonyl (C=O) groups is 2. The van der Waals surface area contributed by atoms with E-state index < -0.39 is 5.97 Å². The quantitative estimate of drug-likeness (QED) is 0.396. The number of hydrogen-bond acceptors (Lipinski definition) is 8. The normalized spacial score (nSPS) is 10.7. The molecule has 134 valence electrons. The zero-order valence-corrected chi connectivity index (χ0v) is 15.0. The summed E-state index contributed by atoms with van der Waals surface area (Å²) in [5.74, 6) is -0.467. The van der Waals surface area contributed by atoms with Crippen molar-refractivity contribution in [1.82, 2.24) is 25.0 Å². The molecule has 0 spiro atoms. The fourth-order valence-electron chi connectivity index (χ4n) is 2.23. The zero-order valence-electron chi connectivity index (χ0n) is 14.2. The maximum Gasteiger partial charge on any atom is 0.337 e. The van der Waals surface area contributed by atoms with Gasteiger partial charge in [-0.15, -0.1) is 5.10 Å². The van der Waals surface area contributed by atoms with Crippen LogP contribution in [0.2, 0.25) is 0 Å². The van der Waals surface area contributed by atoms with E-state index >= 15 is 0 Å². The average molecular weight is 372 g/mol. The molecule has 0 radical (unpaired) electrons. The number of aromatic nitrogens is 5. The number of benzene rings is 1. The summed E-state index contributed by atoms with van der Waals surface area (Å²) in [6.07, 6.45) is 1.43. The summed E-state index contributed by atoms with van der Waals surface area (Å²) in [5, 5.41) is 11.5.